The molecular weight excluding hydrogens is 413 g/mol. The molecule has 3 aromatic rings. The van der Waals surface area contributed by atoms with Gasteiger partial charge in [0.15, 0.2) is 5.16 Å². The van der Waals surface area contributed by atoms with Crippen LogP contribution in [0.1, 0.15) is 43.7 Å². The maximum absolute atomic E-state index is 13.3. The quantitative estimate of drug-likeness (QED) is 0.409. The van der Waals surface area contributed by atoms with Crippen molar-refractivity contribution in [3.63, 3.8) is 0 Å². The van der Waals surface area contributed by atoms with Gasteiger partial charge in [-0.05, 0) is 42.7 Å². The van der Waals surface area contributed by atoms with E-state index >= 15 is 0 Å². The predicted octanol–water partition coefficient (Wildman–Crippen LogP) is 4.79. The monoisotopic (exact) mass is 439 g/mol. The van der Waals surface area contributed by atoms with Gasteiger partial charge in [0.2, 0.25) is 5.91 Å². The fraction of sp³-hybridized carbons (Fsp3) is 0.375. The lowest BCUT2D eigenvalue weighted by Crippen LogP contribution is -2.30. The summed E-state index contributed by atoms with van der Waals surface area (Å²) in [6.07, 6.45) is 5.33. The molecule has 31 heavy (non-hydrogen) atoms. The first kappa shape index (κ1) is 21.6. The highest BCUT2D eigenvalue weighted by molar-refractivity contribution is 7.99. The number of aromatic nitrogens is 2. The highest BCUT2D eigenvalue weighted by atomic mass is 32.2. The molecule has 1 aromatic heterocycles. The summed E-state index contributed by atoms with van der Waals surface area (Å²) >= 11 is 1.32. The Bertz CT molecular complexity index is 1120. The Morgan fingerprint density at radius 3 is 2.58 bits per heavy atom. The number of rotatable bonds is 6. The summed E-state index contributed by atoms with van der Waals surface area (Å²) in [6.45, 7) is 0.403. The van der Waals surface area contributed by atoms with Gasteiger partial charge in [-0.1, -0.05) is 55.3 Å². The molecule has 1 aliphatic rings. The molecule has 0 atom stereocenters. The van der Waals surface area contributed by atoms with Gasteiger partial charge in [-0.15, -0.1) is 0 Å². The molecule has 7 heteroatoms. The molecule has 4 rings (SSSR count). The van der Waals surface area contributed by atoms with E-state index in [-0.39, 0.29) is 29.1 Å². The molecule has 0 spiro atoms. The van der Waals surface area contributed by atoms with Crippen LogP contribution in [0, 0.1) is 5.82 Å². The average molecular weight is 440 g/mol. The van der Waals surface area contributed by atoms with Gasteiger partial charge in [0.1, 0.15) is 5.82 Å². The summed E-state index contributed by atoms with van der Waals surface area (Å²) in [6, 6.07) is 13.7. The first-order valence-corrected chi connectivity index (χ1v) is 11.6. The van der Waals surface area contributed by atoms with Gasteiger partial charge < -0.3 is 4.90 Å². The maximum Gasteiger partial charge on any atom is 0.262 e. The Morgan fingerprint density at radius 2 is 1.84 bits per heavy atom. The molecule has 0 saturated heterocycles. The number of thioether (sulfide) groups is 1. The lowest BCUT2D eigenvalue weighted by molar-refractivity contribution is -0.127. The van der Waals surface area contributed by atoms with Crippen LogP contribution in [0.4, 0.5) is 4.39 Å². The zero-order chi connectivity index (χ0) is 21.8. The number of carbonyl (C=O) groups is 1. The Hall–Kier alpha value is -2.67. The second-order valence-electron chi connectivity index (χ2n) is 8.04. The number of hydrogen-bond acceptors (Lipinski definition) is 4. The molecule has 1 fully saturated rings. The van der Waals surface area contributed by atoms with Crippen molar-refractivity contribution in [2.24, 2.45) is 0 Å². The second-order valence-corrected chi connectivity index (χ2v) is 8.99. The number of nitrogens with zero attached hydrogens (tertiary/aromatic N) is 3. The minimum atomic E-state index is -0.295. The minimum Gasteiger partial charge on any atom is -0.341 e. The lowest BCUT2D eigenvalue weighted by Gasteiger charge is -2.26. The van der Waals surface area contributed by atoms with Gasteiger partial charge in [-0.2, -0.15) is 0 Å². The van der Waals surface area contributed by atoms with Gasteiger partial charge >= 0.3 is 0 Å². The van der Waals surface area contributed by atoms with Crippen molar-refractivity contribution in [1.82, 2.24) is 14.5 Å². The molecule has 5 nitrogen and oxygen atoms in total. The Morgan fingerprint density at radius 1 is 1.13 bits per heavy atom. The van der Waals surface area contributed by atoms with E-state index in [9.17, 15) is 14.0 Å². The zero-order valence-corrected chi connectivity index (χ0v) is 18.4. The van der Waals surface area contributed by atoms with Crippen molar-refractivity contribution in [2.45, 2.75) is 49.8 Å². The topological polar surface area (TPSA) is 55.2 Å². The van der Waals surface area contributed by atoms with E-state index in [2.05, 4.69) is 0 Å². The Kier molecular flexibility index (Phi) is 6.70. The number of para-hydroxylation sites is 1. The Balaban J connectivity index is 1.54. The van der Waals surface area contributed by atoms with Crippen molar-refractivity contribution in [3.8, 4) is 0 Å². The molecule has 162 valence electrons. The van der Waals surface area contributed by atoms with E-state index in [0.29, 0.717) is 22.6 Å². The van der Waals surface area contributed by atoms with Gasteiger partial charge in [0.25, 0.3) is 5.56 Å². The van der Waals surface area contributed by atoms with Crippen LogP contribution in [0.25, 0.3) is 10.9 Å². The molecular formula is C24H26FN3O2S. The fourth-order valence-corrected chi connectivity index (χ4v) is 5.08. The van der Waals surface area contributed by atoms with Crippen LogP contribution in [0.15, 0.2) is 58.5 Å². The van der Waals surface area contributed by atoms with Crippen molar-refractivity contribution >= 4 is 28.6 Å². The summed E-state index contributed by atoms with van der Waals surface area (Å²) in [4.78, 5) is 32.4. The molecule has 1 amide bonds. The van der Waals surface area contributed by atoms with E-state index < -0.39 is 0 Å². The first-order valence-electron chi connectivity index (χ1n) is 10.7. The average Bonchev–Trinajstić information content (AvgIpc) is 2.79. The minimum absolute atomic E-state index is 0.0212. The molecule has 1 saturated carbocycles. The van der Waals surface area contributed by atoms with Crippen molar-refractivity contribution < 1.29 is 9.18 Å². The van der Waals surface area contributed by atoms with Crippen LogP contribution in [0.5, 0.6) is 0 Å². The lowest BCUT2D eigenvalue weighted by atomic mass is 9.95. The smallest absolute Gasteiger partial charge is 0.262 e. The molecule has 2 aromatic carbocycles. The zero-order valence-electron chi connectivity index (χ0n) is 17.6. The number of fused-ring (bicyclic) bond motifs is 1. The van der Waals surface area contributed by atoms with E-state index in [4.69, 9.17) is 4.98 Å². The number of benzene rings is 2. The third kappa shape index (κ3) is 4.98. The molecule has 0 aliphatic heterocycles. The van der Waals surface area contributed by atoms with Crippen LogP contribution in [-0.2, 0) is 11.3 Å². The molecule has 0 unspecified atom stereocenters. The van der Waals surface area contributed by atoms with E-state index in [1.165, 1.54) is 30.3 Å². The molecule has 0 N–H and O–H groups in total. The normalized spacial score (nSPS) is 14.6. The number of hydrogen-bond donors (Lipinski definition) is 0. The third-order valence-electron chi connectivity index (χ3n) is 5.80. The van der Waals surface area contributed by atoms with Crippen molar-refractivity contribution in [2.75, 3.05) is 12.8 Å². The van der Waals surface area contributed by atoms with E-state index in [1.807, 2.05) is 28.8 Å². The fourth-order valence-electron chi connectivity index (χ4n) is 4.08. The van der Waals surface area contributed by atoms with Gasteiger partial charge in [0.05, 0.1) is 16.7 Å². The SMILES string of the molecule is CN(Cc1ccc(F)cc1)C(=O)CSc1nc2ccccc2c(=O)n1C1CCCCC1. The molecule has 0 bridgehead atoms. The molecule has 0 radical (unpaired) electrons. The predicted molar refractivity (Wildman–Crippen MR) is 122 cm³/mol. The third-order valence-corrected chi connectivity index (χ3v) is 6.74. The highest BCUT2D eigenvalue weighted by Gasteiger charge is 2.22. The Labute approximate surface area is 185 Å². The van der Waals surface area contributed by atoms with E-state index in [1.54, 1.807) is 24.1 Å². The molecule has 1 aliphatic carbocycles. The summed E-state index contributed by atoms with van der Waals surface area (Å²) in [5.41, 5.74) is 1.51. The summed E-state index contributed by atoms with van der Waals surface area (Å²) in [5.74, 6) is -0.168. The largest absolute Gasteiger partial charge is 0.341 e. The van der Waals surface area contributed by atoms with Crippen LogP contribution in [0.3, 0.4) is 0 Å². The van der Waals surface area contributed by atoms with Crippen LogP contribution in [-0.4, -0.2) is 33.2 Å². The second kappa shape index (κ2) is 9.64. The van der Waals surface area contributed by atoms with Crippen molar-refractivity contribution in [3.05, 3.63) is 70.3 Å². The summed E-state index contributed by atoms with van der Waals surface area (Å²) < 4.78 is 14.9. The van der Waals surface area contributed by atoms with E-state index in [0.717, 1.165) is 31.2 Å². The number of amides is 1. The summed E-state index contributed by atoms with van der Waals surface area (Å²) in [7, 11) is 1.73. The van der Waals surface area contributed by atoms with Crippen LogP contribution >= 0.6 is 11.8 Å². The molecule has 1 heterocycles. The van der Waals surface area contributed by atoms with Crippen LogP contribution in [0.2, 0.25) is 0 Å². The van der Waals surface area contributed by atoms with Crippen LogP contribution < -0.4 is 5.56 Å². The highest BCUT2D eigenvalue weighted by Crippen LogP contribution is 2.31. The summed E-state index contributed by atoms with van der Waals surface area (Å²) in [5, 5.41) is 1.23. The number of halogens is 1. The number of carbonyl (C=O) groups excluding carboxylic acids is 1. The standard InChI is InChI=1S/C24H26FN3O2S/c1-27(15-17-11-13-18(25)14-12-17)22(29)16-31-24-26-21-10-6-5-9-20(21)23(30)28(24)19-7-3-2-4-8-19/h5-6,9-14,19H,2-4,7-8,15-16H2,1H3. The van der Waals surface area contributed by atoms with Crippen molar-refractivity contribution in [1.29, 1.82) is 0 Å². The maximum atomic E-state index is 13.3. The van der Waals surface area contributed by atoms with Gasteiger partial charge in [0, 0.05) is 19.6 Å². The van der Waals surface area contributed by atoms with Gasteiger partial charge in [-0.3, -0.25) is 14.2 Å². The first-order chi connectivity index (χ1) is 15.0. The van der Waals surface area contributed by atoms with Gasteiger partial charge in [-0.25, -0.2) is 9.37 Å².